The van der Waals surface area contributed by atoms with Gasteiger partial charge in [0.25, 0.3) is 0 Å². The van der Waals surface area contributed by atoms with Crippen molar-refractivity contribution in [3.8, 4) is 0 Å². The van der Waals surface area contributed by atoms with Crippen LogP contribution in [0.2, 0.25) is 0 Å². The van der Waals surface area contributed by atoms with Gasteiger partial charge in [0.15, 0.2) is 0 Å². The van der Waals surface area contributed by atoms with Gasteiger partial charge in [0.2, 0.25) is 0 Å². The molecule has 0 saturated carbocycles. The minimum atomic E-state index is 0.668. The first-order valence-electron chi connectivity index (χ1n) is 6.26. The van der Waals surface area contributed by atoms with E-state index in [0.717, 1.165) is 6.42 Å². The molecular weight excluding hydrogens is 220 g/mol. The summed E-state index contributed by atoms with van der Waals surface area (Å²) in [5, 5.41) is 0. The molecule has 1 heteroatoms. The smallest absolute Gasteiger partial charge is 0.0721 e. The molecule has 0 aromatic heterocycles. The van der Waals surface area contributed by atoms with Crippen LogP contribution in [-0.4, -0.2) is 6.61 Å². The van der Waals surface area contributed by atoms with E-state index < -0.39 is 0 Å². The Morgan fingerprint density at radius 3 is 2.00 bits per heavy atom. The third kappa shape index (κ3) is 4.56. The zero-order valence-electron chi connectivity index (χ0n) is 10.5. The Balaban J connectivity index is 1.64. The van der Waals surface area contributed by atoms with E-state index >= 15 is 0 Å². The summed E-state index contributed by atoms with van der Waals surface area (Å²) in [6.45, 7) is 1.35. The van der Waals surface area contributed by atoms with Gasteiger partial charge in [0.1, 0.15) is 0 Å². The van der Waals surface area contributed by atoms with Crippen molar-refractivity contribution in [3.05, 3.63) is 83.9 Å². The molecule has 0 aliphatic rings. The second kappa shape index (κ2) is 7.46. The molecule has 2 rings (SSSR count). The lowest BCUT2D eigenvalue weighted by molar-refractivity contribution is 0.148. The average Bonchev–Trinajstić information content (AvgIpc) is 2.45. The van der Waals surface area contributed by atoms with Gasteiger partial charge in [-0.15, -0.1) is 0 Å². The van der Waals surface area contributed by atoms with Crippen LogP contribution < -0.4 is 0 Å². The van der Waals surface area contributed by atoms with Gasteiger partial charge in [0.05, 0.1) is 13.2 Å². The third-order valence-electron chi connectivity index (χ3n) is 2.69. The molecule has 0 radical (unpaired) electrons. The Labute approximate surface area is 109 Å². The highest BCUT2D eigenvalue weighted by Gasteiger charge is 1.89. The lowest BCUT2D eigenvalue weighted by Gasteiger charge is -2.00. The van der Waals surface area contributed by atoms with E-state index in [9.17, 15) is 0 Å². The first-order chi connectivity index (χ1) is 8.95. The lowest BCUT2D eigenvalue weighted by atomic mass is 10.1. The van der Waals surface area contributed by atoms with Crippen molar-refractivity contribution in [2.24, 2.45) is 0 Å². The van der Waals surface area contributed by atoms with Crippen molar-refractivity contribution in [1.29, 1.82) is 0 Å². The first kappa shape index (κ1) is 12.6. The molecule has 0 N–H and O–H groups in total. The monoisotopic (exact) mass is 238 g/mol. The van der Waals surface area contributed by atoms with Gasteiger partial charge in [-0.25, -0.2) is 0 Å². The second-order valence-electron chi connectivity index (χ2n) is 4.16. The van der Waals surface area contributed by atoms with Gasteiger partial charge in [-0.1, -0.05) is 72.8 Å². The molecule has 0 saturated heterocycles. The van der Waals surface area contributed by atoms with E-state index in [4.69, 9.17) is 4.74 Å². The highest BCUT2D eigenvalue weighted by molar-refractivity contribution is 5.17. The molecule has 0 aliphatic carbocycles. The van der Waals surface area contributed by atoms with Crippen molar-refractivity contribution in [2.75, 3.05) is 6.61 Å². The summed E-state index contributed by atoms with van der Waals surface area (Å²) in [5.74, 6) is 0. The van der Waals surface area contributed by atoms with Crippen molar-refractivity contribution in [2.45, 2.75) is 13.0 Å². The van der Waals surface area contributed by atoms with Crippen LogP contribution in [0.5, 0.6) is 0 Å². The number of hydrogen-bond donors (Lipinski definition) is 0. The van der Waals surface area contributed by atoms with Crippen LogP contribution in [0.3, 0.4) is 0 Å². The molecule has 0 unspecified atom stereocenters. The summed E-state index contributed by atoms with van der Waals surface area (Å²) in [6.07, 6.45) is 5.20. The second-order valence-corrected chi connectivity index (χ2v) is 4.16. The molecule has 0 aliphatic heterocycles. The van der Waals surface area contributed by atoms with E-state index in [1.807, 2.05) is 24.3 Å². The van der Waals surface area contributed by atoms with E-state index in [1.54, 1.807) is 0 Å². The molecular formula is C17H18O. The maximum atomic E-state index is 5.57. The van der Waals surface area contributed by atoms with Gasteiger partial charge < -0.3 is 4.74 Å². The van der Waals surface area contributed by atoms with Crippen molar-refractivity contribution >= 4 is 0 Å². The molecule has 2 aromatic rings. The van der Waals surface area contributed by atoms with E-state index in [-0.39, 0.29) is 0 Å². The Bertz CT molecular complexity index is 459. The Morgan fingerprint density at radius 2 is 1.33 bits per heavy atom. The molecule has 1 nitrogen and oxygen atoms in total. The fourth-order valence-electron chi connectivity index (χ4n) is 1.72. The number of ether oxygens (including phenoxy) is 1. The molecule has 18 heavy (non-hydrogen) atoms. The average molecular weight is 238 g/mol. The molecule has 2 aromatic carbocycles. The summed E-state index contributed by atoms with van der Waals surface area (Å²) >= 11 is 0. The zero-order chi connectivity index (χ0) is 12.5. The van der Waals surface area contributed by atoms with Gasteiger partial charge in [-0.3, -0.25) is 0 Å². The van der Waals surface area contributed by atoms with E-state index in [2.05, 4.69) is 48.6 Å². The Kier molecular flexibility index (Phi) is 5.22. The van der Waals surface area contributed by atoms with Crippen LogP contribution >= 0.6 is 0 Å². The van der Waals surface area contributed by atoms with Crippen molar-refractivity contribution in [1.82, 2.24) is 0 Å². The maximum absolute atomic E-state index is 5.57. The summed E-state index contributed by atoms with van der Waals surface area (Å²) in [5.41, 5.74) is 2.55. The van der Waals surface area contributed by atoms with Crippen LogP contribution in [0.25, 0.3) is 0 Å². The first-order valence-corrected chi connectivity index (χ1v) is 6.26. The molecule has 92 valence electrons. The Hall–Kier alpha value is -1.86. The lowest BCUT2D eigenvalue weighted by Crippen LogP contribution is -1.92. The third-order valence-corrected chi connectivity index (χ3v) is 2.69. The SMILES string of the molecule is C(=C\Cc1ccccc1)/COCc1ccccc1. The summed E-state index contributed by atoms with van der Waals surface area (Å²) < 4.78 is 5.57. The molecule has 0 heterocycles. The Morgan fingerprint density at radius 1 is 0.722 bits per heavy atom. The van der Waals surface area contributed by atoms with Crippen LogP contribution in [0.15, 0.2) is 72.8 Å². The fourth-order valence-corrected chi connectivity index (χ4v) is 1.72. The van der Waals surface area contributed by atoms with Crippen molar-refractivity contribution < 1.29 is 4.74 Å². The number of allylic oxidation sites excluding steroid dienone is 1. The van der Waals surface area contributed by atoms with Crippen LogP contribution in [0.1, 0.15) is 11.1 Å². The zero-order valence-corrected chi connectivity index (χ0v) is 10.5. The minimum Gasteiger partial charge on any atom is -0.373 e. The molecule has 0 spiro atoms. The van der Waals surface area contributed by atoms with Gasteiger partial charge >= 0.3 is 0 Å². The normalized spacial score (nSPS) is 10.9. The number of benzene rings is 2. The highest BCUT2D eigenvalue weighted by atomic mass is 16.5. The largest absolute Gasteiger partial charge is 0.373 e. The van der Waals surface area contributed by atoms with Gasteiger partial charge in [-0.05, 0) is 17.5 Å². The van der Waals surface area contributed by atoms with Gasteiger partial charge in [0, 0.05) is 0 Å². The van der Waals surface area contributed by atoms with Crippen LogP contribution in [0.4, 0.5) is 0 Å². The summed E-state index contributed by atoms with van der Waals surface area (Å²) in [7, 11) is 0. The maximum Gasteiger partial charge on any atom is 0.0721 e. The number of rotatable bonds is 6. The standard InChI is InChI=1S/C17H18O/c1-3-9-16(10-4-1)11-7-8-14-18-15-17-12-5-2-6-13-17/h1-10,12-13H,11,14-15H2/b8-7+. The number of hydrogen-bond acceptors (Lipinski definition) is 1. The summed E-state index contributed by atoms with van der Waals surface area (Å²) in [6, 6.07) is 20.7. The van der Waals surface area contributed by atoms with Crippen LogP contribution in [-0.2, 0) is 17.8 Å². The predicted molar refractivity (Wildman–Crippen MR) is 75.4 cm³/mol. The molecule has 0 amide bonds. The van der Waals surface area contributed by atoms with Gasteiger partial charge in [-0.2, -0.15) is 0 Å². The highest BCUT2D eigenvalue weighted by Crippen LogP contribution is 2.02. The fraction of sp³-hybridized carbons (Fsp3) is 0.176. The van der Waals surface area contributed by atoms with Crippen molar-refractivity contribution in [3.63, 3.8) is 0 Å². The summed E-state index contributed by atoms with van der Waals surface area (Å²) in [4.78, 5) is 0. The molecule has 0 atom stereocenters. The quantitative estimate of drug-likeness (QED) is 0.546. The molecule has 0 fully saturated rings. The topological polar surface area (TPSA) is 9.23 Å². The van der Waals surface area contributed by atoms with Crippen LogP contribution in [0, 0.1) is 0 Å². The molecule has 0 bridgehead atoms. The predicted octanol–water partition coefficient (Wildman–Crippen LogP) is 4.00. The minimum absolute atomic E-state index is 0.668. The van der Waals surface area contributed by atoms with E-state index in [1.165, 1.54) is 11.1 Å². The van der Waals surface area contributed by atoms with E-state index in [0.29, 0.717) is 13.2 Å².